The third-order valence-corrected chi connectivity index (χ3v) is 2.53. The monoisotopic (exact) mass is 258 g/mol. The summed E-state index contributed by atoms with van der Waals surface area (Å²) in [5.41, 5.74) is -0.116. The van der Waals surface area contributed by atoms with Gasteiger partial charge in [0.2, 0.25) is 6.10 Å². The van der Waals surface area contributed by atoms with Gasteiger partial charge in [-0.3, -0.25) is 4.79 Å². The van der Waals surface area contributed by atoms with Crippen LogP contribution in [-0.2, 0) is 19.2 Å². The van der Waals surface area contributed by atoms with Gasteiger partial charge < -0.3 is 20.0 Å². The first-order valence-corrected chi connectivity index (χ1v) is 5.87. The highest BCUT2D eigenvalue weighted by atomic mass is 16.6. The molecule has 1 amide bonds. The minimum atomic E-state index is -1.15. The lowest BCUT2D eigenvalue weighted by Crippen LogP contribution is -2.35. The van der Waals surface area contributed by atoms with E-state index >= 15 is 0 Å². The van der Waals surface area contributed by atoms with Crippen molar-refractivity contribution in [2.75, 3.05) is 20.3 Å². The van der Waals surface area contributed by atoms with Gasteiger partial charge in [-0.1, -0.05) is 5.16 Å². The number of nitrogens with one attached hydrogen (secondary N) is 1. The van der Waals surface area contributed by atoms with Crippen LogP contribution in [0.4, 0.5) is 0 Å². The van der Waals surface area contributed by atoms with Crippen LogP contribution in [0.15, 0.2) is 5.16 Å². The molecule has 0 saturated carbocycles. The predicted molar refractivity (Wildman–Crippen MR) is 63.3 cm³/mol. The van der Waals surface area contributed by atoms with Crippen molar-refractivity contribution in [2.45, 2.75) is 31.8 Å². The molecule has 1 heterocycles. The van der Waals surface area contributed by atoms with E-state index in [0.717, 1.165) is 25.9 Å². The average Bonchev–Trinajstić information content (AvgIpc) is 2.83. The van der Waals surface area contributed by atoms with Crippen LogP contribution in [0.2, 0.25) is 0 Å². The van der Waals surface area contributed by atoms with Crippen LogP contribution in [0.3, 0.4) is 0 Å². The number of aliphatic carboxylic acids is 1. The van der Waals surface area contributed by atoms with Gasteiger partial charge in [0.15, 0.2) is 5.71 Å². The molecule has 0 saturated heterocycles. The molecule has 7 nitrogen and oxygen atoms in total. The largest absolute Gasteiger partial charge is 0.477 e. The molecule has 0 aromatic heterocycles. The lowest BCUT2D eigenvalue weighted by atomic mass is 10.1. The maximum absolute atomic E-state index is 11.6. The normalized spacial score (nSPS) is 18.1. The van der Waals surface area contributed by atoms with Crippen LogP contribution in [0.25, 0.3) is 0 Å². The van der Waals surface area contributed by atoms with Gasteiger partial charge >= 0.3 is 5.97 Å². The molecule has 0 aromatic carbocycles. The van der Waals surface area contributed by atoms with E-state index in [2.05, 4.69) is 10.5 Å². The number of amides is 1. The Bertz CT molecular complexity index is 329. The number of carbonyl (C=O) groups excluding carboxylic acids is 1. The summed E-state index contributed by atoms with van der Waals surface area (Å²) in [6.45, 7) is 1.26. The van der Waals surface area contributed by atoms with Gasteiger partial charge in [0, 0.05) is 26.7 Å². The van der Waals surface area contributed by atoms with Crippen LogP contribution < -0.4 is 5.32 Å². The Labute approximate surface area is 105 Å². The second-order valence-electron chi connectivity index (χ2n) is 3.99. The molecule has 18 heavy (non-hydrogen) atoms. The molecular formula is C11H18N2O5. The molecule has 102 valence electrons. The predicted octanol–water partition coefficient (Wildman–Crippen LogP) is 0.149. The first-order valence-electron chi connectivity index (χ1n) is 5.87. The Morgan fingerprint density at radius 3 is 2.89 bits per heavy atom. The third kappa shape index (κ3) is 4.70. The van der Waals surface area contributed by atoms with E-state index in [0.29, 0.717) is 6.54 Å². The lowest BCUT2D eigenvalue weighted by Gasteiger charge is -2.08. The molecular weight excluding hydrogens is 240 g/mol. The van der Waals surface area contributed by atoms with Gasteiger partial charge in [-0.05, 0) is 19.3 Å². The van der Waals surface area contributed by atoms with E-state index in [4.69, 9.17) is 14.7 Å². The maximum Gasteiger partial charge on any atom is 0.353 e. The van der Waals surface area contributed by atoms with E-state index in [1.165, 1.54) is 0 Å². The van der Waals surface area contributed by atoms with E-state index in [1.54, 1.807) is 7.11 Å². The van der Waals surface area contributed by atoms with Crippen LogP contribution in [-0.4, -0.2) is 49.1 Å². The third-order valence-electron chi connectivity index (χ3n) is 2.53. The quantitative estimate of drug-likeness (QED) is 0.604. The lowest BCUT2D eigenvalue weighted by molar-refractivity contribution is -0.131. The van der Waals surface area contributed by atoms with Crippen LogP contribution in [0.5, 0.6) is 0 Å². The van der Waals surface area contributed by atoms with Crippen molar-refractivity contribution in [1.29, 1.82) is 0 Å². The molecule has 1 aliphatic rings. The SMILES string of the molecule is COCCCCCNC(=O)C1CC(C(=O)O)=NO1. The molecule has 2 N–H and O–H groups in total. The van der Waals surface area contributed by atoms with Crippen molar-refractivity contribution < 1.29 is 24.3 Å². The van der Waals surface area contributed by atoms with Crippen molar-refractivity contribution in [3.8, 4) is 0 Å². The summed E-state index contributed by atoms with van der Waals surface area (Å²) >= 11 is 0. The molecule has 1 rings (SSSR count). The molecule has 1 atom stereocenters. The summed E-state index contributed by atoms with van der Waals surface area (Å²) in [5.74, 6) is -1.47. The summed E-state index contributed by atoms with van der Waals surface area (Å²) in [6, 6.07) is 0. The minimum Gasteiger partial charge on any atom is -0.477 e. The highest BCUT2D eigenvalue weighted by Crippen LogP contribution is 2.10. The first-order chi connectivity index (χ1) is 8.65. The van der Waals surface area contributed by atoms with Crippen LogP contribution in [0, 0.1) is 0 Å². The summed E-state index contributed by atoms with van der Waals surface area (Å²) in [6.07, 6.45) is 1.99. The molecule has 7 heteroatoms. The number of oxime groups is 1. The molecule has 1 unspecified atom stereocenters. The van der Waals surface area contributed by atoms with Gasteiger partial charge in [0.05, 0.1) is 0 Å². The van der Waals surface area contributed by atoms with Gasteiger partial charge in [-0.2, -0.15) is 0 Å². The smallest absolute Gasteiger partial charge is 0.353 e. The Balaban J connectivity index is 2.10. The fourth-order valence-corrected chi connectivity index (χ4v) is 1.52. The van der Waals surface area contributed by atoms with Gasteiger partial charge in [0.1, 0.15) is 0 Å². The summed E-state index contributed by atoms with van der Waals surface area (Å²) in [5, 5.41) is 14.7. The Morgan fingerprint density at radius 1 is 1.50 bits per heavy atom. The first kappa shape index (κ1) is 14.4. The van der Waals surface area contributed by atoms with E-state index in [-0.39, 0.29) is 18.0 Å². The number of nitrogens with zero attached hydrogens (tertiary/aromatic N) is 1. The number of hydrogen-bond donors (Lipinski definition) is 2. The standard InChI is InChI=1S/C11H18N2O5/c1-17-6-4-2-3-5-12-10(14)9-7-8(11(15)16)13-18-9/h9H,2-7H2,1H3,(H,12,14)(H,15,16). The summed E-state index contributed by atoms with van der Waals surface area (Å²) < 4.78 is 4.91. The molecule has 0 aromatic rings. The number of carboxylic acids is 1. The van der Waals surface area contributed by atoms with Crippen LogP contribution in [0.1, 0.15) is 25.7 Å². The molecule has 0 radical (unpaired) electrons. The highest BCUT2D eigenvalue weighted by molar-refractivity contribution is 6.36. The number of methoxy groups -OCH3 is 1. The summed E-state index contributed by atoms with van der Waals surface area (Å²) in [4.78, 5) is 26.9. The second kappa shape index (κ2) is 7.65. The van der Waals surface area contributed by atoms with Gasteiger partial charge in [0.25, 0.3) is 5.91 Å². The number of rotatable bonds is 8. The van der Waals surface area contributed by atoms with Crippen molar-refractivity contribution in [3.63, 3.8) is 0 Å². The number of hydrogen-bond acceptors (Lipinski definition) is 5. The fourth-order valence-electron chi connectivity index (χ4n) is 1.52. The zero-order valence-corrected chi connectivity index (χ0v) is 10.3. The molecule has 0 spiro atoms. The topological polar surface area (TPSA) is 97.2 Å². The average molecular weight is 258 g/mol. The minimum absolute atomic E-state index is 0.0187. The molecule has 0 aliphatic carbocycles. The van der Waals surface area contributed by atoms with Gasteiger partial charge in [-0.15, -0.1) is 0 Å². The van der Waals surface area contributed by atoms with E-state index in [9.17, 15) is 9.59 Å². The van der Waals surface area contributed by atoms with Crippen LogP contribution >= 0.6 is 0 Å². The Kier molecular flexibility index (Phi) is 6.13. The highest BCUT2D eigenvalue weighted by Gasteiger charge is 2.31. The number of carbonyl (C=O) groups is 2. The molecule has 1 aliphatic heterocycles. The van der Waals surface area contributed by atoms with Gasteiger partial charge in [-0.25, -0.2) is 4.79 Å². The molecule has 0 bridgehead atoms. The second-order valence-corrected chi connectivity index (χ2v) is 3.99. The fraction of sp³-hybridized carbons (Fsp3) is 0.727. The zero-order valence-electron chi connectivity index (χ0n) is 10.3. The van der Waals surface area contributed by atoms with Crippen molar-refractivity contribution >= 4 is 17.6 Å². The number of unbranched alkanes of at least 4 members (excludes halogenated alkanes) is 2. The Morgan fingerprint density at radius 2 is 2.28 bits per heavy atom. The Hall–Kier alpha value is -1.63. The van der Waals surface area contributed by atoms with Crippen molar-refractivity contribution in [1.82, 2.24) is 5.32 Å². The van der Waals surface area contributed by atoms with E-state index in [1.807, 2.05) is 0 Å². The van der Waals surface area contributed by atoms with Crippen molar-refractivity contribution in [2.24, 2.45) is 5.16 Å². The summed E-state index contributed by atoms with van der Waals surface area (Å²) in [7, 11) is 1.65. The van der Waals surface area contributed by atoms with E-state index < -0.39 is 12.1 Å². The number of carboxylic acid groups (broad SMARTS) is 1. The zero-order chi connectivity index (χ0) is 13.4. The number of ether oxygens (including phenoxy) is 1. The van der Waals surface area contributed by atoms with Crippen molar-refractivity contribution in [3.05, 3.63) is 0 Å². The maximum atomic E-state index is 11.6. The molecule has 0 fully saturated rings.